The minimum absolute atomic E-state index is 0.406. The number of nitrogens with zero attached hydrogens (tertiary/aromatic N) is 2. The lowest BCUT2D eigenvalue weighted by Crippen LogP contribution is -2.00. The molecule has 0 saturated heterocycles. The van der Waals surface area contributed by atoms with Gasteiger partial charge in [-0.2, -0.15) is 0 Å². The van der Waals surface area contributed by atoms with Gasteiger partial charge in [0.2, 0.25) is 0 Å². The van der Waals surface area contributed by atoms with Crippen LogP contribution in [-0.2, 0) is 11.3 Å². The highest BCUT2D eigenvalue weighted by atomic mass is 35.5. The number of unbranched alkanes of at least 4 members (excludes halogenated alkanes) is 1. The molecule has 0 amide bonds. The standard InChI is InChI=1S/C14H17ClN2OS/c1-4-5-6-7-18-8-11-16-13(15)12-9(2)10(3)19-14(12)17-11/h4H,1,5-8H2,2-3H3. The maximum Gasteiger partial charge on any atom is 0.157 e. The predicted molar refractivity (Wildman–Crippen MR) is 81.0 cm³/mol. The van der Waals surface area contributed by atoms with Crippen LogP contribution in [0.2, 0.25) is 5.15 Å². The fraction of sp³-hybridized carbons (Fsp3) is 0.429. The average Bonchev–Trinajstić information content (AvgIpc) is 2.65. The molecule has 2 heterocycles. The molecule has 0 saturated carbocycles. The zero-order chi connectivity index (χ0) is 13.8. The third-order valence-electron chi connectivity index (χ3n) is 2.96. The average molecular weight is 297 g/mol. The molecule has 102 valence electrons. The molecule has 5 heteroatoms. The number of rotatable bonds is 6. The molecule has 2 aromatic heterocycles. The number of aryl methyl sites for hydroxylation is 2. The van der Waals surface area contributed by atoms with Gasteiger partial charge in [-0.05, 0) is 32.3 Å². The van der Waals surface area contributed by atoms with Gasteiger partial charge in [-0.3, -0.25) is 0 Å². The molecule has 0 aliphatic heterocycles. The van der Waals surface area contributed by atoms with Crippen LogP contribution in [0.5, 0.6) is 0 Å². The van der Waals surface area contributed by atoms with Gasteiger partial charge in [0.05, 0.1) is 5.39 Å². The number of allylic oxidation sites excluding steroid dienone is 1. The predicted octanol–water partition coefficient (Wildman–Crippen LogP) is 4.44. The van der Waals surface area contributed by atoms with Crippen LogP contribution in [0.15, 0.2) is 12.7 Å². The van der Waals surface area contributed by atoms with E-state index in [4.69, 9.17) is 16.3 Å². The first-order valence-electron chi connectivity index (χ1n) is 6.24. The molecule has 0 radical (unpaired) electrons. The monoisotopic (exact) mass is 296 g/mol. The van der Waals surface area contributed by atoms with Crippen molar-refractivity contribution >= 4 is 33.2 Å². The van der Waals surface area contributed by atoms with Crippen LogP contribution in [0.1, 0.15) is 29.1 Å². The van der Waals surface area contributed by atoms with Crippen molar-refractivity contribution in [3.05, 3.63) is 34.1 Å². The lowest BCUT2D eigenvalue weighted by atomic mass is 10.2. The summed E-state index contributed by atoms with van der Waals surface area (Å²) in [5, 5.41) is 1.50. The summed E-state index contributed by atoms with van der Waals surface area (Å²) in [6, 6.07) is 0. The highest BCUT2D eigenvalue weighted by Crippen LogP contribution is 2.32. The summed E-state index contributed by atoms with van der Waals surface area (Å²) in [6.45, 7) is 8.89. The molecule has 0 spiro atoms. The molecular formula is C14H17ClN2OS. The van der Waals surface area contributed by atoms with Crippen molar-refractivity contribution in [3.8, 4) is 0 Å². The van der Waals surface area contributed by atoms with E-state index < -0.39 is 0 Å². The van der Waals surface area contributed by atoms with Gasteiger partial charge in [-0.25, -0.2) is 9.97 Å². The van der Waals surface area contributed by atoms with E-state index in [-0.39, 0.29) is 0 Å². The fourth-order valence-corrected chi connectivity index (χ4v) is 3.23. The molecule has 2 aromatic rings. The summed E-state index contributed by atoms with van der Waals surface area (Å²) >= 11 is 7.88. The summed E-state index contributed by atoms with van der Waals surface area (Å²) in [7, 11) is 0. The van der Waals surface area contributed by atoms with Gasteiger partial charge in [-0.1, -0.05) is 17.7 Å². The van der Waals surface area contributed by atoms with Crippen molar-refractivity contribution in [2.75, 3.05) is 6.61 Å². The molecule has 0 unspecified atom stereocenters. The Hall–Kier alpha value is -0.970. The Kier molecular flexibility index (Phi) is 4.91. The number of ether oxygens (including phenoxy) is 1. The Labute approximate surface area is 122 Å². The van der Waals surface area contributed by atoms with E-state index >= 15 is 0 Å². The van der Waals surface area contributed by atoms with Gasteiger partial charge in [0.25, 0.3) is 0 Å². The summed E-state index contributed by atoms with van der Waals surface area (Å²) in [5.41, 5.74) is 1.17. The third kappa shape index (κ3) is 3.32. The SMILES string of the molecule is C=CCCCOCc1nc(Cl)c2c(C)c(C)sc2n1. The smallest absolute Gasteiger partial charge is 0.157 e. The molecule has 0 aliphatic carbocycles. The molecule has 19 heavy (non-hydrogen) atoms. The Morgan fingerprint density at radius 1 is 1.37 bits per heavy atom. The molecule has 2 rings (SSSR count). The van der Waals surface area contributed by atoms with E-state index in [0.29, 0.717) is 24.2 Å². The molecule has 0 aromatic carbocycles. The number of halogens is 1. The van der Waals surface area contributed by atoms with E-state index in [0.717, 1.165) is 23.1 Å². The number of fused-ring (bicyclic) bond motifs is 1. The quantitative estimate of drug-likeness (QED) is 0.449. The normalized spacial score (nSPS) is 11.1. The van der Waals surface area contributed by atoms with Crippen molar-refractivity contribution in [1.82, 2.24) is 9.97 Å². The van der Waals surface area contributed by atoms with Gasteiger partial charge in [0.15, 0.2) is 5.82 Å². The highest BCUT2D eigenvalue weighted by Gasteiger charge is 2.13. The minimum Gasteiger partial charge on any atom is -0.373 e. The van der Waals surface area contributed by atoms with Crippen LogP contribution < -0.4 is 0 Å². The van der Waals surface area contributed by atoms with Crippen molar-refractivity contribution in [2.24, 2.45) is 0 Å². The van der Waals surface area contributed by atoms with Crippen LogP contribution in [0, 0.1) is 13.8 Å². The van der Waals surface area contributed by atoms with Gasteiger partial charge >= 0.3 is 0 Å². The largest absolute Gasteiger partial charge is 0.373 e. The first-order chi connectivity index (χ1) is 9.13. The maximum absolute atomic E-state index is 6.23. The lowest BCUT2D eigenvalue weighted by molar-refractivity contribution is 0.114. The summed E-state index contributed by atoms with van der Waals surface area (Å²) < 4.78 is 5.54. The second kappa shape index (κ2) is 6.46. The first kappa shape index (κ1) is 14.4. The molecular weight excluding hydrogens is 280 g/mol. The summed E-state index contributed by atoms with van der Waals surface area (Å²) in [4.78, 5) is 11.0. The molecule has 0 N–H and O–H groups in total. The van der Waals surface area contributed by atoms with Gasteiger partial charge in [0, 0.05) is 11.5 Å². The van der Waals surface area contributed by atoms with Crippen molar-refractivity contribution in [2.45, 2.75) is 33.3 Å². The van der Waals surface area contributed by atoms with Crippen molar-refractivity contribution in [3.63, 3.8) is 0 Å². The van der Waals surface area contributed by atoms with E-state index in [1.165, 1.54) is 10.4 Å². The van der Waals surface area contributed by atoms with E-state index in [9.17, 15) is 0 Å². The third-order valence-corrected chi connectivity index (χ3v) is 4.33. The van der Waals surface area contributed by atoms with Crippen LogP contribution in [0.4, 0.5) is 0 Å². The maximum atomic E-state index is 6.23. The van der Waals surface area contributed by atoms with Crippen LogP contribution in [0.3, 0.4) is 0 Å². The Morgan fingerprint density at radius 3 is 2.89 bits per heavy atom. The zero-order valence-electron chi connectivity index (χ0n) is 11.2. The first-order valence-corrected chi connectivity index (χ1v) is 7.43. The van der Waals surface area contributed by atoms with Gasteiger partial charge in [-0.15, -0.1) is 17.9 Å². The van der Waals surface area contributed by atoms with E-state index in [2.05, 4.69) is 30.4 Å². The number of aromatic nitrogens is 2. The van der Waals surface area contributed by atoms with Crippen molar-refractivity contribution < 1.29 is 4.74 Å². The summed E-state index contributed by atoms with van der Waals surface area (Å²) in [5.74, 6) is 0.650. The Bertz CT molecular complexity index is 595. The number of hydrogen-bond donors (Lipinski definition) is 0. The second-order valence-corrected chi connectivity index (χ2v) is 5.94. The topological polar surface area (TPSA) is 35.0 Å². The molecule has 0 aliphatic rings. The van der Waals surface area contributed by atoms with E-state index in [1.54, 1.807) is 11.3 Å². The Morgan fingerprint density at radius 2 is 2.16 bits per heavy atom. The fourth-order valence-electron chi connectivity index (χ4n) is 1.80. The van der Waals surface area contributed by atoms with Crippen LogP contribution in [-0.4, -0.2) is 16.6 Å². The molecule has 0 fully saturated rings. The minimum atomic E-state index is 0.406. The molecule has 0 bridgehead atoms. The van der Waals surface area contributed by atoms with Crippen LogP contribution in [0.25, 0.3) is 10.2 Å². The molecule has 3 nitrogen and oxygen atoms in total. The van der Waals surface area contributed by atoms with Crippen LogP contribution >= 0.6 is 22.9 Å². The number of hydrogen-bond acceptors (Lipinski definition) is 4. The lowest BCUT2D eigenvalue weighted by Gasteiger charge is -2.03. The highest BCUT2D eigenvalue weighted by molar-refractivity contribution is 7.18. The molecule has 0 atom stereocenters. The van der Waals surface area contributed by atoms with Crippen molar-refractivity contribution in [1.29, 1.82) is 0 Å². The summed E-state index contributed by atoms with van der Waals surface area (Å²) in [6.07, 6.45) is 3.82. The number of thiophene rings is 1. The Balaban J connectivity index is 2.10. The van der Waals surface area contributed by atoms with E-state index in [1.807, 2.05) is 6.08 Å². The second-order valence-electron chi connectivity index (χ2n) is 4.38. The van der Waals surface area contributed by atoms with Gasteiger partial charge in [0.1, 0.15) is 16.6 Å². The van der Waals surface area contributed by atoms with Gasteiger partial charge < -0.3 is 4.74 Å². The zero-order valence-corrected chi connectivity index (χ0v) is 12.8.